The first-order chi connectivity index (χ1) is 15.0. The van der Waals surface area contributed by atoms with Crippen molar-refractivity contribution in [1.29, 1.82) is 0 Å². The number of benzene rings is 2. The normalized spacial score (nSPS) is 11.7. The summed E-state index contributed by atoms with van der Waals surface area (Å²) in [7, 11) is 3.08. The summed E-state index contributed by atoms with van der Waals surface area (Å²) >= 11 is 1.30. The fourth-order valence-electron chi connectivity index (χ4n) is 2.67. The molecule has 1 amide bonds. The summed E-state index contributed by atoms with van der Waals surface area (Å²) < 4.78 is 15.6. The zero-order chi connectivity index (χ0) is 22.2. The second-order valence-corrected chi connectivity index (χ2v) is 7.28. The van der Waals surface area contributed by atoms with Crippen molar-refractivity contribution in [2.75, 3.05) is 19.5 Å². The summed E-state index contributed by atoms with van der Waals surface area (Å²) in [5.74, 6) is 0.0394. The Morgan fingerprint density at radius 2 is 1.81 bits per heavy atom. The van der Waals surface area contributed by atoms with Crippen molar-refractivity contribution < 1.29 is 23.8 Å². The number of carbonyl (C=O) groups is 2. The SMILES string of the molecule is COc1ccc(/C=C/C(=O)OC(C)C(=O)Nc2nc(-c3ccccc3)cs2)cc1OC. The highest BCUT2D eigenvalue weighted by molar-refractivity contribution is 7.14. The first-order valence-corrected chi connectivity index (χ1v) is 10.3. The highest BCUT2D eigenvalue weighted by atomic mass is 32.1. The van der Waals surface area contributed by atoms with E-state index in [2.05, 4.69) is 10.3 Å². The van der Waals surface area contributed by atoms with Crippen LogP contribution in [-0.2, 0) is 14.3 Å². The smallest absolute Gasteiger partial charge is 0.331 e. The Labute approximate surface area is 184 Å². The number of hydrogen-bond acceptors (Lipinski definition) is 7. The summed E-state index contributed by atoms with van der Waals surface area (Å²) in [6, 6.07) is 14.9. The number of nitrogens with one attached hydrogen (secondary N) is 1. The molecule has 7 nitrogen and oxygen atoms in total. The van der Waals surface area contributed by atoms with Gasteiger partial charge in [-0.15, -0.1) is 11.3 Å². The molecule has 31 heavy (non-hydrogen) atoms. The molecule has 0 radical (unpaired) electrons. The summed E-state index contributed by atoms with van der Waals surface area (Å²) in [5, 5.41) is 4.97. The van der Waals surface area contributed by atoms with Crippen LogP contribution in [0.15, 0.2) is 60.0 Å². The lowest BCUT2D eigenvalue weighted by Crippen LogP contribution is -2.29. The second kappa shape index (κ2) is 10.4. The van der Waals surface area contributed by atoms with Gasteiger partial charge >= 0.3 is 5.97 Å². The van der Waals surface area contributed by atoms with Crippen molar-refractivity contribution >= 4 is 34.4 Å². The molecule has 0 aliphatic carbocycles. The van der Waals surface area contributed by atoms with Gasteiger partial charge in [-0.25, -0.2) is 9.78 Å². The van der Waals surface area contributed by atoms with Crippen molar-refractivity contribution in [1.82, 2.24) is 4.98 Å². The van der Waals surface area contributed by atoms with Crippen LogP contribution in [0.3, 0.4) is 0 Å². The molecule has 1 atom stereocenters. The number of rotatable bonds is 8. The third-order valence-corrected chi connectivity index (χ3v) is 5.04. The molecule has 0 spiro atoms. The van der Waals surface area contributed by atoms with Crippen LogP contribution in [-0.4, -0.2) is 37.2 Å². The van der Waals surface area contributed by atoms with Crippen LogP contribution in [0.25, 0.3) is 17.3 Å². The Kier molecular flexibility index (Phi) is 7.40. The summed E-state index contributed by atoms with van der Waals surface area (Å²) in [6.07, 6.45) is 1.84. The number of amides is 1. The molecule has 8 heteroatoms. The molecule has 1 aromatic heterocycles. The Morgan fingerprint density at radius 1 is 1.06 bits per heavy atom. The van der Waals surface area contributed by atoms with E-state index in [1.807, 2.05) is 35.7 Å². The van der Waals surface area contributed by atoms with Crippen LogP contribution < -0.4 is 14.8 Å². The van der Waals surface area contributed by atoms with E-state index < -0.39 is 18.0 Å². The molecule has 160 valence electrons. The number of aromatic nitrogens is 1. The van der Waals surface area contributed by atoms with E-state index in [0.29, 0.717) is 16.6 Å². The Hall–Kier alpha value is -3.65. The van der Waals surface area contributed by atoms with Gasteiger partial charge in [0.25, 0.3) is 5.91 Å². The van der Waals surface area contributed by atoms with E-state index >= 15 is 0 Å². The number of methoxy groups -OCH3 is 2. The molecule has 0 saturated heterocycles. The average Bonchev–Trinajstić information content (AvgIpc) is 3.26. The Bertz CT molecular complexity index is 1080. The highest BCUT2D eigenvalue weighted by Crippen LogP contribution is 2.28. The lowest BCUT2D eigenvalue weighted by molar-refractivity contribution is -0.148. The maximum Gasteiger partial charge on any atom is 0.331 e. The number of ether oxygens (including phenoxy) is 3. The molecule has 0 bridgehead atoms. The number of carbonyl (C=O) groups excluding carboxylic acids is 2. The van der Waals surface area contributed by atoms with E-state index in [-0.39, 0.29) is 0 Å². The molecule has 0 fully saturated rings. The van der Waals surface area contributed by atoms with Crippen molar-refractivity contribution in [3.8, 4) is 22.8 Å². The number of anilines is 1. The molecule has 3 aromatic rings. The maximum atomic E-state index is 12.3. The predicted octanol–water partition coefficient (Wildman–Crippen LogP) is 4.41. The minimum absolute atomic E-state index is 0.438. The minimum Gasteiger partial charge on any atom is -0.493 e. The molecule has 2 aromatic carbocycles. The average molecular weight is 439 g/mol. The molecule has 1 N–H and O–H groups in total. The third-order valence-electron chi connectivity index (χ3n) is 4.29. The standard InChI is InChI=1S/C23H22N2O5S/c1-15(22(27)25-23-24-18(14-31-23)17-7-5-4-6-8-17)30-21(26)12-10-16-9-11-19(28-2)20(13-16)29-3/h4-15H,1-3H3,(H,24,25,27)/b12-10+. The monoisotopic (exact) mass is 438 g/mol. The number of nitrogens with zero attached hydrogens (tertiary/aromatic N) is 1. The largest absolute Gasteiger partial charge is 0.493 e. The van der Waals surface area contributed by atoms with Gasteiger partial charge in [-0.05, 0) is 30.7 Å². The van der Waals surface area contributed by atoms with Crippen LogP contribution in [0, 0.1) is 0 Å². The Balaban J connectivity index is 1.55. The molecule has 0 aliphatic heterocycles. The number of esters is 1. The van der Waals surface area contributed by atoms with Gasteiger partial charge in [0, 0.05) is 17.0 Å². The minimum atomic E-state index is -0.980. The topological polar surface area (TPSA) is 86.8 Å². The molecule has 3 rings (SSSR count). The zero-order valence-electron chi connectivity index (χ0n) is 17.3. The van der Waals surface area contributed by atoms with Gasteiger partial charge in [0.2, 0.25) is 0 Å². The van der Waals surface area contributed by atoms with Crippen LogP contribution in [0.4, 0.5) is 5.13 Å². The molecular formula is C23H22N2O5S. The fraction of sp³-hybridized carbons (Fsp3) is 0.174. The molecular weight excluding hydrogens is 416 g/mol. The second-order valence-electron chi connectivity index (χ2n) is 6.42. The van der Waals surface area contributed by atoms with Crippen molar-refractivity contribution in [3.05, 3.63) is 65.6 Å². The predicted molar refractivity (Wildman–Crippen MR) is 120 cm³/mol. The van der Waals surface area contributed by atoms with Gasteiger partial charge in [0.05, 0.1) is 19.9 Å². The summed E-state index contributed by atoms with van der Waals surface area (Å²) in [6.45, 7) is 1.50. The summed E-state index contributed by atoms with van der Waals surface area (Å²) in [4.78, 5) is 28.8. The Morgan fingerprint density at radius 3 is 2.52 bits per heavy atom. The molecule has 0 aliphatic rings. The van der Waals surface area contributed by atoms with Crippen molar-refractivity contribution in [2.24, 2.45) is 0 Å². The first-order valence-electron chi connectivity index (χ1n) is 9.42. The van der Waals surface area contributed by atoms with Crippen LogP contribution in [0.1, 0.15) is 12.5 Å². The van der Waals surface area contributed by atoms with E-state index in [1.165, 1.54) is 31.4 Å². The number of hydrogen-bond donors (Lipinski definition) is 1. The first kappa shape index (κ1) is 22.0. The molecule has 1 unspecified atom stereocenters. The highest BCUT2D eigenvalue weighted by Gasteiger charge is 2.18. The van der Waals surface area contributed by atoms with Gasteiger partial charge in [-0.3, -0.25) is 10.1 Å². The molecule has 1 heterocycles. The summed E-state index contributed by atoms with van der Waals surface area (Å²) in [5.41, 5.74) is 2.45. The van der Waals surface area contributed by atoms with Crippen LogP contribution >= 0.6 is 11.3 Å². The fourth-order valence-corrected chi connectivity index (χ4v) is 3.39. The zero-order valence-corrected chi connectivity index (χ0v) is 18.1. The van der Waals surface area contributed by atoms with Crippen molar-refractivity contribution in [2.45, 2.75) is 13.0 Å². The van der Waals surface area contributed by atoms with Gasteiger partial charge in [-0.1, -0.05) is 36.4 Å². The van der Waals surface area contributed by atoms with Crippen molar-refractivity contribution in [3.63, 3.8) is 0 Å². The lowest BCUT2D eigenvalue weighted by atomic mass is 10.2. The number of thiazole rings is 1. The lowest BCUT2D eigenvalue weighted by Gasteiger charge is -2.11. The van der Waals surface area contributed by atoms with E-state index in [4.69, 9.17) is 14.2 Å². The third kappa shape index (κ3) is 5.93. The van der Waals surface area contributed by atoms with Crippen LogP contribution in [0.2, 0.25) is 0 Å². The van der Waals surface area contributed by atoms with E-state index in [0.717, 1.165) is 16.8 Å². The maximum absolute atomic E-state index is 12.3. The van der Waals surface area contributed by atoms with Gasteiger partial charge in [0.15, 0.2) is 22.7 Å². The van der Waals surface area contributed by atoms with Crippen LogP contribution in [0.5, 0.6) is 11.5 Å². The van der Waals surface area contributed by atoms with Gasteiger partial charge < -0.3 is 14.2 Å². The van der Waals surface area contributed by atoms with E-state index in [1.54, 1.807) is 31.4 Å². The molecule has 0 saturated carbocycles. The van der Waals surface area contributed by atoms with Gasteiger partial charge in [0.1, 0.15) is 0 Å². The van der Waals surface area contributed by atoms with Gasteiger partial charge in [-0.2, -0.15) is 0 Å². The van der Waals surface area contributed by atoms with E-state index in [9.17, 15) is 9.59 Å². The quantitative estimate of drug-likeness (QED) is 0.414.